The summed E-state index contributed by atoms with van der Waals surface area (Å²) in [5, 5.41) is 5.35. The number of rotatable bonds is 5. The van der Waals surface area contributed by atoms with Gasteiger partial charge in [-0.3, -0.25) is 9.59 Å². The number of likely N-dealkylation sites (N-methyl/N-ethyl adjacent to an activating group) is 1. The minimum atomic E-state index is -0.624. The SMILES string of the molecule is COc1ccc([C@@H]2[C@H](C(=O)Nc3nc(C)cs3)c3ccccc3C(=O)N2C)cc1OC. The molecule has 2 heterocycles. The van der Waals surface area contributed by atoms with Gasteiger partial charge in [-0.2, -0.15) is 0 Å². The monoisotopic (exact) mass is 437 g/mol. The third-order valence-corrected chi connectivity index (χ3v) is 6.34. The average molecular weight is 438 g/mol. The number of anilines is 1. The molecule has 160 valence electrons. The molecule has 31 heavy (non-hydrogen) atoms. The number of nitrogens with zero attached hydrogens (tertiary/aromatic N) is 2. The van der Waals surface area contributed by atoms with Crippen LogP contribution in [0.25, 0.3) is 0 Å². The minimum absolute atomic E-state index is 0.135. The van der Waals surface area contributed by atoms with Gasteiger partial charge < -0.3 is 19.7 Å². The molecule has 0 aliphatic carbocycles. The maximum absolute atomic E-state index is 13.5. The molecule has 0 fully saturated rings. The minimum Gasteiger partial charge on any atom is -0.493 e. The summed E-state index contributed by atoms with van der Waals surface area (Å²) in [6.07, 6.45) is 0. The summed E-state index contributed by atoms with van der Waals surface area (Å²) < 4.78 is 10.8. The Hall–Kier alpha value is -3.39. The Morgan fingerprint density at radius 2 is 1.87 bits per heavy atom. The lowest BCUT2D eigenvalue weighted by molar-refractivity contribution is -0.119. The maximum atomic E-state index is 13.5. The van der Waals surface area contributed by atoms with Crippen LogP contribution in [0.2, 0.25) is 0 Å². The molecule has 1 aromatic heterocycles. The fraction of sp³-hybridized carbons (Fsp3) is 0.261. The number of ether oxygens (including phenoxy) is 2. The van der Waals surface area contributed by atoms with Crippen LogP contribution >= 0.6 is 11.3 Å². The molecule has 0 saturated heterocycles. The van der Waals surface area contributed by atoms with Crippen molar-refractivity contribution in [3.05, 3.63) is 70.2 Å². The molecule has 2 atom stereocenters. The topological polar surface area (TPSA) is 80.8 Å². The Morgan fingerprint density at radius 3 is 2.55 bits per heavy atom. The highest BCUT2D eigenvalue weighted by Gasteiger charge is 2.43. The maximum Gasteiger partial charge on any atom is 0.254 e. The normalized spacial score (nSPS) is 17.8. The number of aromatic nitrogens is 1. The lowest BCUT2D eigenvalue weighted by Gasteiger charge is -2.39. The summed E-state index contributed by atoms with van der Waals surface area (Å²) in [6, 6.07) is 12.2. The molecule has 0 bridgehead atoms. The van der Waals surface area contributed by atoms with Crippen LogP contribution in [0, 0.1) is 6.92 Å². The zero-order valence-corrected chi connectivity index (χ0v) is 18.5. The van der Waals surface area contributed by atoms with E-state index >= 15 is 0 Å². The molecule has 3 aromatic rings. The highest BCUT2D eigenvalue weighted by Crippen LogP contribution is 2.44. The van der Waals surface area contributed by atoms with Crippen LogP contribution in [0.15, 0.2) is 47.8 Å². The predicted molar refractivity (Wildman–Crippen MR) is 119 cm³/mol. The largest absolute Gasteiger partial charge is 0.493 e. The smallest absolute Gasteiger partial charge is 0.254 e. The number of hydrogen-bond donors (Lipinski definition) is 1. The van der Waals surface area contributed by atoms with E-state index in [4.69, 9.17) is 9.47 Å². The van der Waals surface area contributed by atoms with Gasteiger partial charge in [0.05, 0.1) is 31.9 Å². The number of fused-ring (bicyclic) bond motifs is 1. The Bertz CT molecular complexity index is 1140. The number of nitrogens with one attached hydrogen (secondary N) is 1. The summed E-state index contributed by atoms with van der Waals surface area (Å²) in [4.78, 5) is 32.6. The summed E-state index contributed by atoms with van der Waals surface area (Å²) in [5.41, 5.74) is 2.83. The molecule has 0 saturated carbocycles. The Balaban J connectivity index is 1.83. The van der Waals surface area contributed by atoms with E-state index < -0.39 is 12.0 Å². The van der Waals surface area contributed by atoms with E-state index in [1.165, 1.54) is 11.3 Å². The van der Waals surface area contributed by atoms with Crippen LogP contribution in [0.1, 0.15) is 39.1 Å². The number of methoxy groups -OCH3 is 2. The second kappa shape index (κ2) is 8.39. The van der Waals surface area contributed by atoms with Crippen LogP contribution in [0.4, 0.5) is 5.13 Å². The molecular formula is C23H23N3O4S. The Morgan fingerprint density at radius 1 is 1.13 bits per heavy atom. The molecule has 8 heteroatoms. The van der Waals surface area contributed by atoms with Gasteiger partial charge in [-0.05, 0) is 36.2 Å². The van der Waals surface area contributed by atoms with E-state index in [1.54, 1.807) is 44.4 Å². The molecule has 1 aliphatic heterocycles. The molecular weight excluding hydrogens is 414 g/mol. The van der Waals surface area contributed by atoms with Crippen molar-refractivity contribution in [2.24, 2.45) is 0 Å². The van der Waals surface area contributed by atoms with E-state index in [0.29, 0.717) is 27.8 Å². The quantitative estimate of drug-likeness (QED) is 0.652. The van der Waals surface area contributed by atoms with Gasteiger partial charge in [0.2, 0.25) is 5.91 Å². The van der Waals surface area contributed by atoms with Crippen molar-refractivity contribution < 1.29 is 19.1 Å². The molecule has 2 amide bonds. The van der Waals surface area contributed by atoms with Gasteiger partial charge in [0, 0.05) is 18.0 Å². The number of carbonyl (C=O) groups is 2. The van der Waals surface area contributed by atoms with Gasteiger partial charge >= 0.3 is 0 Å². The van der Waals surface area contributed by atoms with Crippen LogP contribution < -0.4 is 14.8 Å². The third-order valence-electron chi connectivity index (χ3n) is 5.46. The molecule has 1 aliphatic rings. The fourth-order valence-electron chi connectivity index (χ4n) is 4.00. The van der Waals surface area contributed by atoms with Crippen molar-refractivity contribution in [1.29, 1.82) is 0 Å². The van der Waals surface area contributed by atoms with Gasteiger partial charge in [-0.1, -0.05) is 24.3 Å². The lowest BCUT2D eigenvalue weighted by Crippen LogP contribution is -2.44. The van der Waals surface area contributed by atoms with Gasteiger partial charge in [0.1, 0.15) is 0 Å². The molecule has 1 N–H and O–H groups in total. The van der Waals surface area contributed by atoms with Gasteiger partial charge in [-0.15, -0.1) is 11.3 Å². The van der Waals surface area contributed by atoms with Crippen LogP contribution in [-0.2, 0) is 4.79 Å². The number of thiazole rings is 1. The predicted octanol–water partition coefficient (Wildman–Crippen LogP) is 4.02. The van der Waals surface area contributed by atoms with Gasteiger partial charge in [0.25, 0.3) is 5.91 Å². The molecule has 4 rings (SSSR count). The second-order valence-corrected chi connectivity index (χ2v) is 8.18. The molecule has 0 unspecified atom stereocenters. The third kappa shape index (κ3) is 3.74. The lowest BCUT2D eigenvalue weighted by atomic mass is 9.79. The zero-order valence-electron chi connectivity index (χ0n) is 17.7. The Kier molecular flexibility index (Phi) is 5.65. The van der Waals surface area contributed by atoms with Crippen molar-refractivity contribution in [3.8, 4) is 11.5 Å². The first kappa shape index (κ1) is 20.9. The van der Waals surface area contributed by atoms with E-state index in [2.05, 4.69) is 10.3 Å². The highest BCUT2D eigenvalue weighted by molar-refractivity contribution is 7.13. The van der Waals surface area contributed by atoms with Gasteiger partial charge in [-0.25, -0.2) is 4.98 Å². The number of carbonyl (C=O) groups excluding carboxylic acids is 2. The van der Waals surface area contributed by atoms with Crippen LogP contribution in [0.5, 0.6) is 11.5 Å². The molecule has 0 radical (unpaired) electrons. The number of hydrogen-bond acceptors (Lipinski definition) is 6. The summed E-state index contributed by atoms with van der Waals surface area (Å²) in [6.45, 7) is 1.88. The van der Waals surface area contributed by atoms with E-state index in [1.807, 2.05) is 36.6 Å². The van der Waals surface area contributed by atoms with Crippen LogP contribution in [0.3, 0.4) is 0 Å². The zero-order chi connectivity index (χ0) is 22.1. The van der Waals surface area contributed by atoms with Gasteiger partial charge in [0.15, 0.2) is 16.6 Å². The number of benzene rings is 2. The van der Waals surface area contributed by atoms with Crippen LogP contribution in [-0.4, -0.2) is 43.0 Å². The van der Waals surface area contributed by atoms with E-state index in [-0.39, 0.29) is 11.8 Å². The standard InChI is InChI=1S/C23H23N3O4S/c1-13-12-31-23(24-13)25-21(27)19-15-7-5-6-8-16(15)22(28)26(2)20(19)14-9-10-17(29-3)18(11-14)30-4/h5-12,19-20H,1-4H3,(H,24,25,27)/t19-,20-/m1/s1. The highest BCUT2D eigenvalue weighted by atomic mass is 32.1. The van der Waals surface area contributed by atoms with Crippen molar-refractivity contribution in [2.45, 2.75) is 18.9 Å². The summed E-state index contributed by atoms with van der Waals surface area (Å²) in [7, 11) is 4.84. The fourth-order valence-corrected chi connectivity index (χ4v) is 4.70. The van der Waals surface area contributed by atoms with Crippen molar-refractivity contribution in [1.82, 2.24) is 9.88 Å². The summed E-state index contributed by atoms with van der Waals surface area (Å²) >= 11 is 1.37. The number of aryl methyl sites for hydroxylation is 1. The molecule has 0 spiro atoms. The first-order chi connectivity index (χ1) is 14.9. The Labute approximate surface area is 184 Å². The first-order valence-corrected chi connectivity index (χ1v) is 10.6. The van der Waals surface area contributed by atoms with Crippen molar-refractivity contribution in [2.75, 3.05) is 26.6 Å². The van der Waals surface area contributed by atoms with Crippen molar-refractivity contribution >= 4 is 28.3 Å². The van der Waals surface area contributed by atoms with E-state index in [0.717, 1.165) is 11.3 Å². The van der Waals surface area contributed by atoms with E-state index in [9.17, 15) is 9.59 Å². The number of amides is 2. The van der Waals surface area contributed by atoms with Crippen molar-refractivity contribution in [3.63, 3.8) is 0 Å². The second-order valence-electron chi connectivity index (χ2n) is 7.32. The molecule has 7 nitrogen and oxygen atoms in total. The summed E-state index contributed by atoms with van der Waals surface area (Å²) in [5.74, 6) is 0.136. The average Bonchev–Trinajstić information content (AvgIpc) is 3.19. The first-order valence-electron chi connectivity index (χ1n) is 9.75. The molecule has 2 aromatic carbocycles.